The van der Waals surface area contributed by atoms with E-state index in [1.807, 2.05) is 11.0 Å². The summed E-state index contributed by atoms with van der Waals surface area (Å²) < 4.78 is 37.7. The highest BCUT2D eigenvalue weighted by atomic mass is 79.9. The molecule has 0 spiro atoms. The highest BCUT2D eigenvalue weighted by Gasteiger charge is 2.32. The zero-order chi connectivity index (χ0) is 14.8. The lowest BCUT2D eigenvalue weighted by atomic mass is 10.2. The van der Waals surface area contributed by atoms with E-state index in [9.17, 15) is 18.0 Å². The van der Waals surface area contributed by atoms with Gasteiger partial charge < -0.3 is 4.90 Å². The molecule has 0 saturated carbocycles. The van der Waals surface area contributed by atoms with Crippen LogP contribution in [0.3, 0.4) is 0 Å². The zero-order valence-electron chi connectivity index (χ0n) is 10.7. The van der Waals surface area contributed by atoms with E-state index in [1.165, 1.54) is 4.90 Å². The Morgan fingerprint density at radius 1 is 1.20 bits per heavy atom. The molecule has 1 heterocycles. The number of halogens is 4. The van der Waals surface area contributed by atoms with Crippen LogP contribution in [0, 0.1) is 0 Å². The third-order valence-electron chi connectivity index (χ3n) is 3.22. The van der Waals surface area contributed by atoms with Crippen LogP contribution < -0.4 is 4.90 Å². The van der Waals surface area contributed by atoms with Crippen LogP contribution in [0.1, 0.15) is 10.4 Å². The normalized spacial score (nSPS) is 17.3. The van der Waals surface area contributed by atoms with E-state index in [1.54, 1.807) is 12.1 Å². The standard InChI is InChI=1S/C13H14BrF3N2O/c14-11-7-10(8-20)1-2-12(11)19-5-3-18(4-6-19)9-13(15,16)17/h1-2,7-8H,3-6,9H2. The van der Waals surface area contributed by atoms with E-state index in [-0.39, 0.29) is 0 Å². The van der Waals surface area contributed by atoms with E-state index < -0.39 is 12.7 Å². The molecular formula is C13H14BrF3N2O. The van der Waals surface area contributed by atoms with E-state index in [0.717, 1.165) is 16.4 Å². The first kappa shape index (κ1) is 15.3. The molecular weight excluding hydrogens is 337 g/mol. The molecule has 1 fully saturated rings. The first-order valence-electron chi connectivity index (χ1n) is 6.18. The van der Waals surface area contributed by atoms with E-state index in [0.29, 0.717) is 31.7 Å². The third kappa shape index (κ3) is 3.96. The molecule has 1 aromatic rings. The Labute approximate surface area is 123 Å². The molecule has 1 saturated heterocycles. The van der Waals surface area contributed by atoms with Crippen LogP contribution >= 0.6 is 15.9 Å². The Hall–Kier alpha value is -1.08. The first-order chi connectivity index (χ1) is 9.39. The highest BCUT2D eigenvalue weighted by Crippen LogP contribution is 2.28. The van der Waals surface area contributed by atoms with E-state index >= 15 is 0 Å². The van der Waals surface area contributed by atoms with Gasteiger partial charge in [0.1, 0.15) is 6.29 Å². The number of hydrogen-bond donors (Lipinski definition) is 0. The second kappa shape index (κ2) is 6.13. The number of anilines is 1. The van der Waals surface area contributed by atoms with Crippen LogP contribution in [0.2, 0.25) is 0 Å². The van der Waals surface area contributed by atoms with Crippen molar-refractivity contribution >= 4 is 27.9 Å². The molecule has 0 aliphatic carbocycles. The summed E-state index contributed by atoms with van der Waals surface area (Å²) in [5.41, 5.74) is 1.47. The number of rotatable bonds is 3. The molecule has 0 unspecified atom stereocenters. The fourth-order valence-electron chi connectivity index (χ4n) is 2.25. The second-order valence-corrected chi connectivity index (χ2v) is 5.56. The average Bonchev–Trinajstić information content (AvgIpc) is 2.38. The summed E-state index contributed by atoms with van der Waals surface area (Å²) in [5.74, 6) is 0. The molecule has 0 aromatic heterocycles. The van der Waals surface area contributed by atoms with Crippen molar-refractivity contribution in [1.82, 2.24) is 4.90 Å². The van der Waals surface area contributed by atoms with Crippen molar-refractivity contribution in [2.24, 2.45) is 0 Å². The summed E-state index contributed by atoms with van der Waals surface area (Å²) in [5, 5.41) is 0. The van der Waals surface area contributed by atoms with Gasteiger partial charge in [-0.25, -0.2) is 0 Å². The monoisotopic (exact) mass is 350 g/mol. The molecule has 7 heteroatoms. The number of benzene rings is 1. The molecule has 110 valence electrons. The van der Waals surface area contributed by atoms with Gasteiger partial charge in [0.05, 0.1) is 12.2 Å². The number of alkyl halides is 3. The summed E-state index contributed by atoms with van der Waals surface area (Å²) in [6, 6.07) is 5.23. The molecule has 3 nitrogen and oxygen atoms in total. The van der Waals surface area contributed by atoms with Crippen molar-refractivity contribution in [3.8, 4) is 0 Å². The molecule has 1 aliphatic heterocycles. The van der Waals surface area contributed by atoms with Gasteiger partial charge in [0.15, 0.2) is 0 Å². The van der Waals surface area contributed by atoms with Gasteiger partial charge in [-0.1, -0.05) is 0 Å². The van der Waals surface area contributed by atoms with Gasteiger partial charge in [-0.3, -0.25) is 9.69 Å². The maximum absolute atomic E-state index is 12.3. The number of piperazine rings is 1. The second-order valence-electron chi connectivity index (χ2n) is 4.71. The summed E-state index contributed by atoms with van der Waals surface area (Å²) >= 11 is 3.39. The minimum atomic E-state index is -4.14. The number of nitrogens with zero attached hydrogens (tertiary/aromatic N) is 2. The van der Waals surface area contributed by atoms with Gasteiger partial charge in [0.2, 0.25) is 0 Å². The summed E-state index contributed by atoms with van der Waals surface area (Å²) in [7, 11) is 0. The van der Waals surface area contributed by atoms with Crippen molar-refractivity contribution in [3.63, 3.8) is 0 Å². The van der Waals surface area contributed by atoms with Gasteiger partial charge in [-0.2, -0.15) is 13.2 Å². The Bertz CT molecular complexity index is 485. The molecule has 1 aromatic carbocycles. The maximum Gasteiger partial charge on any atom is 0.401 e. The van der Waals surface area contributed by atoms with Crippen molar-refractivity contribution in [1.29, 1.82) is 0 Å². The van der Waals surface area contributed by atoms with Crippen LogP contribution in [0.25, 0.3) is 0 Å². The van der Waals surface area contributed by atoms with Crippen molar-refractivity contribution in [2.45, 2.75) is 6.18 Å². The predicted molar refractivity (Wildman–Crippen MR) is 74.2 cm³/mol. The van der Waals surface area contributed by atoms with E-state index in [4.69, 9.17) is 0 Å². The molecule has 0 radical (unpaired) electrons. The quantitative estimate of drug-likeness (QED) is 0.783. The molecule has 0 bridgehead atoms. The summed E-state index contributed by atoms with van der Waals surface area (Å²) in [6.07, 6.45) is -3.38. The summed E-state index contributed by atoms with van der Waals surface area (Å²) in [4.78, 5) is 14.1. The van der Waals surface area contributed by atoms with Crippen LogP contribution in [-0.2, 0) is 0 Å². The van der Waals surface area contributed by atoms with Gasteiger partial charge >= 0.3 is 6.18 Å². The number of carbonyl (C=O) groups excluding carboxylic acids is 1. The topological polar surface area (TPSA) is 23.6 Å². The Kier molecular flexibility index (Phi) is 4.70. The van der Waals surface area contributed by atoms with Gasteiger partial charge in [0.25, 0.3) is 0 Å². The molecule has 20 heavy (non-hydrogen) atoms. The number of carbonyl (C=O) groups is 1. The maximum atomic E-state index is 12.3. The SMILES string of the molecule is O=Cc1ccc(N2CCN(CC(F)(F)F)CC2)c(Br)c1. The average molecular weight is 351 g/mol. The largest absolute Gasteiger partial charge is 0.401 e. The summed E-state index contributed by atoms with van der Waals surface area (Å²) in [6.45, 7) is 0.971. The van der Waals surface area contributed by atoms with Gasteiger partial charge in [-0.15, -0.1) is 0 Å². The lowest BCUT2D eigenvalue weighted by Gasteiger charge is -2.36. The van der Waals surface area contributed by atoms with Crippen LogP contribution in [0.4, 0.5) is 18.9 Å². The molecule has 0 amide bonds. The fraction of sp³-hybridized carbons (Fsp3) is 0.462. The highest BCUT2D eigenvalue weighted by molar-refractivity contribution is 9.10. The lowest BCUT2D eigenvalue weighted by Crippen LogP contribution is -2.49. The third-order valence-corrected chi connectivity index (χ3v) is 3.86. The Morgan fingerprint density at radius 2 is 1.85 bits per heavy atom. The number of aldehydes is 1. The smallest absolute Gasteiger partial charge is 0.368 e. The van der Waals surface area contributed by atoms with Crippen molar-refractivity contribution < 1.29 is 18.0 Å². The van der Waals surface area contributed by atoms with Gasteiger partial charge in [0, 0.05) is 36.2 Å². The lowest BCUT2D eigenvalue weighted by molar-refractivity contribution is -0.146. The molecule has 1 aliphatic rings. The zero-order valence-corrected chi connectivity index (χ0v) is 12.2. The Morgan fingerprint density at radius 3 is 2.35 bits per heavy atom. The minimum Gasteiger partial charge on any atom is -0.368 e. The predicted octanol–water partition coefficient (Wildman–Crippen LogP) is 2.95. The molecule has 0 N–H and O–H groups in total. The van der Waals surface area contributed by atoms with Crippen LogP contribution in [0.5, 0.6) is 0 Å². The molecule has 2 rings (SSSR count). The number of hydrogen-bond acceptors (Lipinski definition) is 3. The van der Waals surface area contributed by atoms with Crippen LogP contribution in [-0.4, -0.2) is 50.1 Å². The van der Waals surface area contributed by atoms with Gasteiger partial charge in [-0.05, 0) is 34.1 Å². The van der Waals surface area contributed by atoms with Crippen molar-refractivity contribution in [3.05, 3.63) is 28.2 Å². The Balaban J connectivity index is 1.98. The van der Waals surface area contributed by atoms with Crippen molar-refractivity contribution in [2.75, 3.05) is 37.6 Å². The molecule has 0 atom stereocenters. The minimum absolute atomic E-state index is 0.376. The first-order valence-corrected chi connectivity index (χ1v) is 6.97. The van der Waals surface area contributed by atoms with Crippen LogP contribution in [0.15, 0.2) is 22.7 Å². The van der Waals surface area contributed by atoms with E-state index in [2.05, 4.69) is 15.9 Å². The fourth-order valence-corrected chi connectivity index (χ4v) is 2.90.